The van der Waals surface area contributed by atoms with Crippen molar-refractivity contribution in [3.8, 4) is 0 Å². The molecule has 17 heavy (non-hydrogen) atoms. The summed E-state index contributed by atoms with van der Waals surface area (Å²) >= 11 is 0. The van der Waals surface area contributed by atoms with Gasteiger partial charge < -0.3 is 5.73 Å². The number of rotatable bonds is 5. The Morgan fingerprint density at radius 2 is 2.00 bits per heavy atom. The van der Waals surface area contributed by atoms with Gasteiger partial charge in [0.15, 0.2) is 0 Å². The first-order valence-corrected chi connectivity index (χ1v) is 7.43. The van der Waals surface area contributed by atoms with E-state index in [1.54, 1.807) is 0 Å². The number of nitrogens with zero attached hydrogens (tertiary/aromatic N) is 1. The SMILES string of the molecule is CCCC1CCCCN1C(CN)CC(C)(C)C. The molecule has 1 heterocycles. The highest BCUT2D eigenvalue weighted by Crippen LogP contribution is 2.29. The lowest BCUT2D eigenvalue weighted by Gasteiger charge is -2.43. The molecule has 1 rings (SSSR count). The maximum atomic E-state index is 6.03. The van der Waals surface area contributed by atoms with Crippen LogP contribution in [0.15, 0.2) is 0 Å². The van der Waals surface area contributed by atoms with Gasteiger partial charge in [-0.05, 0) is 37.6 Å². The van der Waals surface area contributed by atoms with Crippen molar-refractivity contribution in [1.29, 1.82) is 0 Å². The van der Waals surface area contributed by atoms with Crippen LogP contribution in [-0.4, -0.2) is 30.1 Å². The molecule has 2 unspecified atom stereocenters. The lowest BCUT2D eigenvalue weighted by molar-refractivity contribution is 0.0688. The van der Waals surface area contributed by atoms with E-state index in [4.69, 9.17) is 5.73 Å². The predicted octanol–water partition coefficient (Wildman–Crippen LogP) is 3.40. The second-order valence-electron chi connectivity index (χ2n) is 6.83. The maximum absolute atomic E-state index is 6.03. The first kappa shape index (κ1) is 15.0. The average molecular weight is 240 g/mol. The fourth-order valence-electron chi connectivity index (χ4n) is 3.19. The van der Waals surface area contributed by atoms with Gasteiger partial charge in [-0.2, -0.15) is 0 Å². The van der Waals surface area contributed by atoms with Gasteiger partial charge in [0.2, 0.25) is 0 Å². The van der Waals surface area contributed by atoms with Crippen LogP contribution in [0.4, 0.5) is 0 Å². The fourth-order valence-corrected chi connectivity index (χ4v) is 3.19. The molecule has 0 amide bonds. The Bertz CT molecular complexity index is 205. The zero-order valence-electron chi connectivity index (χ0n) is 12.3. The Morgan fingerprint density at radius 3 is 2.53 bits per heavy atom. The number of likely N-dealkylation sites (tertiary alicyclic amines) is 1. The molecule has 102 valence electrons. The van der Waals surface area contributed by atoms with Crippen molar-refractivity contribution < 1.29 is 0 Å². The van der Waals surface area contributed by atoms with E-state index in [9.17, 15) is 0 Å². The summed E-state index contributed by atoms with van der Waals surface area (Å²) in [6, 6.07) is 1.39. The minimum Gasteiger partial charge on any atom is -0.329 e. The summed E-state index contributed by atoms with van der Waals surface area (Å²) in [5.74, 6) is 0. The van der Waals surface area contributed by atoms with Gasteiger partial charge in [0.25, 0.3) is 0 Å². The van der Waals surface area contributed by atoms with Crippen molar-refractivity contribution in [2.75, 3.05) is 13.1 Å². The van der Waals surface area contributed by atoms with Crippen LogP contribution in [0.2, 0.25) is 0 Å². The molecule has 0 aliphatic carbocycles. The highest BCUT2D eigenvalue weighted by atomic mass is 15.2. The molecule has 2 N–H and O–H groups in total. The van der Waals surface area contributed by atoms with E-state index in [1.165, 1.54) is 45.1 Å². The summed E-state index contributed by atoms with van der Waals surface area (Å²) < 4.78 is 0. The summed E-state index contributed by atoms with van der Waals surface area (Å²) in [7, 11) is 0. The Hall–Kier alpha value is -0.0800. The zero-order chi connectivity index (χ0) is 12.9. The topological polar surface area (TPSA) is 29.3 Å². The Kier molecular flexibility index (Phi) is 5.94. The Balaban J connectivity index is 2.63. The van der Waals surface area contributed by atoms with Crippen molar-refractivity contribution in [2.45, 2.75) is 78.3 Å². The molecule has 1 fully saturated rings. The van der Waals surface area contributed by atoms with Gasteiger partial charge in [0, 0.05) is 18.6 Å². The molecule has 1 aliphatic rings. The summed E-state index contributed by atoms with van der Waals surface area (Å²) in [5, 5.41) is 0. The van der Waals surface area contributed by atoms with E-state index in [0.717, 1.165) is 12.6 Å². The normalized spacial score (nSPS) is 24.9. The molecule has 1 saturated heterocycles. The quantitative estimate of drug-likeness (QED) is 0.798. The molecule has 0 aromatic rings. The van der Waals surface area contributed by atoms with E-state index < -0.39 is 0 Å². The molecular formula is C15H32N2. The van der Waals surface area contributed by atoms with Gasteiger partial charge in [0.05, 0.1) is 0 Å². The third-order valence-electron chi connectivity index (χ3n) is 3.88. The van der Waals surface area contributed by atoms with E-state index in [-0.39, 0.29) is 0 Å². The zero-order valence-corrected chi connectivity index (χ0v) is 12.3. The van der Waals surface area contributed by atoms with Crippen LogP contribution in [-0.2, 0) is 0 Å². The number of hydrogen-bond donors (Lipinski definition) is 1. The number of piperidine rings is 1. The van der Waals surface area contributed by atoms with Crippen LogP contribution in [0.3, 0.4) is 0 Å². The van der Waals surface area contributed by atoms with Crippen molar-refractivity contribution in [3.63, 3.8) is 0 Å². The molecule has 0 saturated carbocycles. The highest BCUT2D eigenvalue weighted by molar-refractivity contribution is 4.85. The van der Waals surface area contributed by atoms with Crippen LogP contribution in [0.5, 0.6) is 0 Å². The second-order valence-corrected chi connectivity index (χ2v) is 6.83. The van der Waals surface area contributed by atoms with Gasteiger partial charge in [-0.1, -0.05) is 40.5 Å². The van der Waals surface area contributed by atoms with Gasteiger partial charge in [0.1, 0.15) is 0 Å². The average Bonchev–Trinajstić information content (AvgIpc) is 2.26. The number of nitrogens with two attached hydrogens (primary N) is 1. The number of hydrogen-bond acceptors (Lipinski definition) is 2. The molecule has 0 spiro atoms. The van der Waals surface area contributed by atoms with E-state index in [1.807, 2.05) is 0 Å². The second kappa shape index (κ2) is 6.75. The lowest BCUT2D eigenvalue weighted by Crippen LogP contribution is -2.50. The smallest absolute Gasteiger partial charge is 0.0226 e. The minimum absolute atomic E-state index is 0.387. The minimum atomic E-state index is 0.387. The highest BCUT2D eigenvalue weighted by Gasteiger charge is 2.29. The predicted molar refractivity (Wildman–Crippen MR) is 76.2 cm³/mol. The van der Waals surface area contributed by atoms with Crippen molar-refractivity contribution in [3.05, 3.63) is 0 Å². The van der Waals surface area contributed by atoms with Crippen LogP contribution in [0.1, 0.15) is 66.2 Å². The van der Waals surface area contributed by atoms with Gasteiger partial charge in [-0.25, -0.2) is 0 Å². The van der Waals surface area contributed by atoms with E-state index >= 15 is 0 Å². The summed E-state index contributed by atoms with van der Waals surface area (Å²) in [6.45, 7) is 11.4. The monoisotopic (exact) mass is 240 g/mol. The Morgan fingerprint density at radius 1 is 1.29 bits per heavy atom. The summed E-state index contributed by atoms with van der Waals surface area (Å²) in [4.78, 5) is 2.72. The van der Waals surface area contributed by atoms with Crippen LogP contribution < -0.4 is 5.73 Å². The molecule has 2 atom stereocenters. The maximum Gasteiger partial charge on any atom is 0.0226 e. The molecule has 0 bridgehead atoms. The Labute approximate surface area is 108 Å². The molecule has 2 heteroatoms. The van der Waals surface area contributed by atoms with Gasteiger partial charge >= 0.3 is 0 Å². The molecule has 1 aliphatic heterocycles. The van der Waals surface area contributed by atoms with Crippen molar-refractivity contribution in [1.82, 2.24) is 4.90 Å². The molecule has 0 radical (unpaired) electrons. The largest absolute Gasteiger partial charge is 0.329 e. The standard InChI is InChI=1S/C15H32N2/c1-5-8-13-9-6-7-10-17(13)14(12-16)11-15(2,3)4/h13-14H,5-12,16H2,1-4H3. The first-order valence-electron chi connectivity index (χ1n) is 7.43. The van der Waals surface area contributed by atoms with Crippen molar-refractivity contribution in [2.24, 2.45) is 11.1 Å². The van der Waals surface area contributed by atoms with Crippen molar-refractivity contribution >= 4 is 0 Å². The molecule has 0 aromatic carbocycles. The summed E-state index contributed by atoms with van der Waals surface area (Å²) in [6.07, 6.45) is 8.03. The first-order chi connectivity index (χ1) is 7.98. The molecule has 0 aromatic heterocycles. The van der Waals surface area contributed by atoms with Gasteiger partial charge in [-0.3, -0.25) is 4.90 Å². The molecule has 2 nitrogen and oxygen atoms in total. The van der Waals surface area contributed by atoms with Crippen LogP contribution in [0.25, 0.3) is 0 Å². The van der Waals surface area contributed by atoms with E-state index in [0.29, 0.717) is 11.5 Å². The third kappa shape index (κ3) is 4.97. The fraction of sp³-hybridized carbons (Fsp3) is 1.00. The summed E-state index contributed by atoms with van der Waals surface area (Å²) in [5.41, 5.74) is 6.41. The molecular weight excluding hydrogens is 208 g/mol. The van der Waals surface area contributed by atoms with Crippen LogP contribution >= 0.6 is 0 Å². The van der Waals surface area contributed by atoms with Gasteiger partial charge in [-0.15, -0.1) is 0 Å². The van der Waals surface area contributed by atoms with Crippen LogP contribution in [0, 0.1) is 5.41 Å². The van der Waals surface area contributed by atoms with E-state index in [2.05, 4.69) is 32.6 Å². The third-order valence-corrected chi connectivity index (χ3v) is 3.88. The lowest BCUT2D eigenvalue weighted by atomic mass is 9.85.